The molecule has 0 aliphatic carbocycles. The predicted molar refractivity (Wildman–Crippen MR) is 74.5 cm³/mol. The summed E-state index contributed by atoms with van der Waals surface area (Å²) in [6.07, 6.45) is 2.03. The molecule has 0 radical (unpaired) electrons. The number of rotatable bonds is 4. The maximum Gasteiger partial charge on any atom is 0.128 e. The van der Waals surface area contributed by atoms with E-state index in [1.807, 2.05) is 6.07 Å². The van der Waals surface area contributed by atoms with Gasteiger partial charge in [-0.25, -0.2) is 4.68 Å². The summed E-state index contributed by atoms with van der Waals surface area (Å²) < 4.78 is 1.79. The number of aryl methyl sites for hydroxylation is 1. The first-order valence-electron chi connectivity index (χ1n) is 5.71. The van der Waals surface area contributed by atoms with Crippen LogP contribution in [0, 0.1) is 6.92 Å². The van der Waals surface area contributed by atoms with Gasteiger partial charge in [0.2, 0.25) is 0 Å². The van der Waals surface area contributed by atoms with Gasteiger partial charge in [0, 0.05) is 6.07 Å². The number of nitrogens with two attached hydrogens (primary N) is 1. The third kappa shape index (κ3) is 2.42. The Bertz CT molecular complexity index is 537. The topological polar surface area (TPSA) is 43.8 Å². The number of hydrogen-bond donors (Lipinski definition) is 1. The van der Waals surface area contributed by atoms with E-state index in [1.54, 1.807) is 16.0 Å². The van der Waals surface area contributed by atoms with E-state index in [-0.39, 0.29) is 0 Å². The lowest BCUT2D eigenvalue weighted by atomic mass is 10.1. The zero-order chi connectivity index (χ0) is 12.4. The molecule has 0 amide bonds. The molecule has 0 atom stereocenters. The molecule has 2 rings (SSSR count). The number of hydrogen-bond acceptors (Lipinski definition) is 3. The SMILES string of the molecule is C=C(CCC)c1cc(N)n(-c2cc(C)cs2)n1. The normalized spacial score (nSPS) is 10.7. The van der Waals surface area contributed by atoms with Crippen molar-refractivity contribution in [1.29, 1.82) is 0 Å². The van der Waals surface area contributed by atoms with Crippen molar-refractivity contribution in [3.8, 4) is 5.00 Å². The molecule has 90 valence electrons. The third-order valence-corrected chi connectivity index (χ3v) is 3.60. The minimum absolute atomic E-state index is 0.666. The van der Waals surface area contributed by atoms with E-state index in [1.165, 1.54) is 5.56 Å². The Hall–Kier alpha value is -1.55. The van der Waals surface area contributed by atoms with Crippen LogP contribution in [-0.4, -0.2) is 9.78 Å². The molecule has 4 heteroatoms. The van der Waals surface area contributed by atoms with Crippen LogP contribution in [-0.2, 0) is 0 Å². The number of nitrogen functional groups attached to an aromatic ring is 1. The van der Waals surface area contributed by atoms with Gasteiger partial charge in [0.1, 0.15) is 10.8 Å². The third-order valence-electron chi connectivity index (χ3n) is 2.58. The van der Waals surface area contributed by atoms with Gasteiger partial charge in [-0.05, 0) is 35.9 Å². The van der Waals surface area contributed by atoms with E-state index in [9.17, 15) is 0 Å². The van der Waals surface area contributed by atoms with Crippen LogP contribution in [0.1, 0.15) is 31.0 Å². The van der Waals surface area contributed by atoms with E-state index >= 15 is 0 Å². The molecule has 2 heterocycles. The zero-order valence-electron chi connectivity index (χ0n) is 10.2. The molecule has 2 aromatic rings. The summed E-state index contributed by atoms with van der Waals surface area (Å²) in [7, 11) is 0. The highest BCUT2D eigenvalue weighted by molar-refractivity contribution is 7.12. The summed E-state index contributed by atoms with van der Waals surface area (Å²) in [4.78, 5) is 0. The van der Waals surface area contributed by atoms with Gasteiger partial charge in [0.25, 0.3) is 0 Å². The van der Waals surface area contributed by atoms with Gasteiger partial charge in [-0.3, -0.25) is 0 Å². The van der Waals surface area contributed by atoms with Crippen molar-refractivity contribution < 1.29 is 0 Å². The smallest absolute Gasteiger partial charge is 0.128 e. The minimum atomic E-state index is 0.666. The maximum absolute atomic E-state index is 5.98. The Morgan fingerprint density at radius 3 is 2.88 bits per heavy atom. The average molecular weight is 247 g/mol. The van der Waals surface area contributed by atoms with Crippen molar-refractivity contribution in [3.63, 3.8) is 0 Å². The molecule has 17 heavy (non-hydrogen) atoms. The molecule has 3 nitrogen and oxygen atoms in total. The average Bonchev–Trinajstić information content (AvgIpc) is 2.85. The molecule has 0 saturated carbocycles. The Morgan fingerprint density at radius 2 is 2.29 bits per heavy atom. The van der Waals surface area contributed by atoms with Crippen molar-refractivity contribution in [2.24, 2.45) is 0 Å². The Kier molecular flexibility index (Phi) is 3.33. The zero-order valence-corrected chi connectivity index (χ0v) is 11.0. The fraction of sp³-hybridized carbons (Fsp3) is 0.308. The van der Waals surface area contributed by atoms with E-state index in [0.29, 0.717) is 5.82 Å². The van der Waals surface area contributed by atoms with Crippen LogP contribution in [0.25, 0.3) is 10.6 Å². The fourth-order valence-electron chi connectivity index (χ4n) is 1.70. The van der Waals surface area contributed by atoms with Gasteiger partial charge in [-0.1, -0.05) is 19.9 Å². The van der Waals surface area contributed by atoms with Crippen LogP contribution in [0.2, 0.25) is 0 Å². The monoisotopic (exact) mass is 247 g/mol. The Morgan fingerprint density at radius 1 is 1.53 bits per heavy atom. The van der Waals surface area contributed by atoms with Gasteiger partial charge >= 0.3 is 0 Å². The Balaban J connectivity index is 2.34. The number of allylic oxidation sites excluding steroid dienone is 1. The summed E-state index contributed by atoms with van der Waals surface area (Å²) in [5.41, 5.74) is 9.16. The summed E-state index contributed by atoms with van der Waals surface area (Å²) in [5, 5.41) is 7.66. The van der Waals surface area contributed by atoms with Crippen LogP contribution >= 0.6 is 11.3 Å². The number of thiophene rings is 1. The summed E-state index contributed by atoms with van der Waals surface area (Å²) in [5.74, 6) is 0.666. The maximum atomic E-state index is 5.98. The molecule has 0 fully saturated rings. The van der Waals surface area contributed by atoms with Crippen molar-refractivity contribution in [2.45, 2.75) is 26.7 Å². The molecule has 0 spiro atoms. The molecule has 0 aromatic carbocycles. The van der Waals surface area contributed by atoms with Crippen molar-refractivity contribution in [2.75, 3.05) is 5.73 Å². The minimum Gasteiger partial charge on any atom is -0.384 e. The lowest BCUT2D eigenvalue weighted by Crippen LogP contribution is -1.99. The largest absolute Gasteiger partial charge is 0.384 e. The number of anilines is 1. The molecular weight excluding hydrogens is 230 g/mol. The van der Waals surface area contributed by atoms with E-state index in [4.69, 9.17) is 5.73 Å². The van der Waals surface area contributed by atoms with Crippen LogP contribution < -0.4 is 5.73 Å². The molecule has 0 unspecified atom stereocenters. The summed E-state index contributed by atoms with van der Waals surface area (Å²) >= 11 is 1.65. The highest BCUT2D eigenvalue weighted by atomic mass is 32.1. The quantitative estimate of drug-likeness (QED) is 0.896. The summed E-state index contributed by atoms with van der Waals surface area (Å²) in [6.45, 7) is 8.24. The molecular formula is C13H17N3S. The molecule has 2 N–H and O–H groups in total. The van der Waals surface area contributed by atoms with Crippen LogP contribution in [0.3, 0.4) is 0 Å². The van der Waals surface area contributed by atoms with Gasteiger partial charge in [0.15, 0.2) is 0 Å². The van der Waals surface area contributed by atoms with Crippen molar-refractivity contribution in [3.05, 3.63) is 35.3 Å². The molecule has 2 aromatic heterocycles. The second-order valence-corrected chi connectivity index (χ2v) is 5.07. The number of aromatic nitrogens is 2. The van der Waals surface area contributed by atoms with Gasteiger partial charge < -0.3 is 5.73 Å². The summed E-state index contributed by atoms with van der Waals surface area (Å²) in [6, 6.07) is 3.98. The van der Waals surface area contributed by atoms with Gasteiger partial charge in [-0.2, -0.15) is 5.10 Å². The van der Waals surface area contributed by atoms with Crippen LogP contribution in [0.4, 0.5) is 5.82 Å². The van der Waals surface area contributed by atoms with E-state index in [0.717, 1.165) is 29.1 Å². The van der Waals surface area contributed by atoms with Crippen LogP contribution in [0.15, 0.2) is 24.1 Å². The molecule has 0 saturated heterocycles. The van der Waals surface area contributed by atoms with Gasteiger partial charge in [0.05, 0.1) is 5.69 Å². The Labute approximate surface area is 106 Å². The molecule has 0 aliphatic heterocycles. The van der Waals surface area contributed by atoms with Crippen LogP contribution in [0.5, 0.6) is 0 Å². The second-order valence-electron chi connectivity index (χ2n) is 4.18. The van der Waals surface area contributed by atoms with Crippen molar-refractivity contribution >= 4 is 22.7 Å². The number of nitrogens with zero attached hydrogens (tertiary/aromatic N) is 2. The first kappa shape index (κ1) is 11.9. The van der Waals surface area contributed by atoms with E-state index in [2.05, 4.69) is 37.0 Å². The lowest BCUT2D eigenvalue weighted by Gasteiger charge is -1.99. The lowest BCUT2D eigenvalue weighted by molar-refractivity contribution is 0.887. The second kappa shape index (κ2) is 4.75. The first-order valence-corrected chi connectivity index (χ1v) is 6.59. The highest BCUT2D eigenvalue weighted by Crippen LogP contribution is 2.25. The van der Waals surface area contributed by atoms with E-state index < -0.39 is 0 Å². The predicted octanol–water partition coefficient (Wildman–Crippen LogP) is 3.64. The highest BCUT2D eigenvalue weighted by Gasteiger charge is 2.10. The first-order chi connectivity index (χ1) is 8.11. The fourth-order valence-corrected chi connectivity index (χ4v) is 2.58. The molecule has 0 bridgehead atoms. The standard InChI is InChI=1S/C13H17N3S/c1-4-5-10(3)11-7-12(14)16(15-11)13-6-9(2)8-17-13/h6-8H,3-5,14H2,1-2H3. The molecule has 0 aliphatic rings. The van der Waals surface area contributed by atoms with Crippen molar-refractivity contribution in [1.82, 2.24) is 9.78 Å². The van der Waals surface area contributed by atoms with Gasteiger partial charge in [-0.15, -0.1) is 11.3 Å².